The van der Waals surface area contributed by atoms with Gasteiger partial charge in [-0.05, 0) is 36.4 Å². The summed E-state index contributed by atoms with van der Waals surface area (Å²) in [6.07, 6.45) is 2.95. The van der Waals surface area contributed by atoms with Crippen molar-refractivity contribution in [1.29, 1.82) is 5.41 Å². The summed E-state index contributed by atoms with van der Waals surface area (Å²) in [6.45, 7) is 0. The van der Waals surface area contributed by atoms with Crippen LogP contribution in [0.2, 0.25) is 0 Å². The highest BCUT2D eigenvalue weighted by molar-refractivity contribution is 5.95. The van der Waals surface area contributed by atoms with Gasteiger partial charge in [-0.1, -0.05) is 0 Å². The third-order valence-electron chi connectivity index (χ3n) is 4.97. The predicted molar refractivity (Wildman–Crippen MR) is 122 cm³/mol. The standard InChI is InChI=1S/C22H21FN8O3/c1-33-16-10-14(15(23)11-17(16)34-2)18(28-13-6-4-12(5-7-13)19(24)25)20-29-22(32)31(30-20)21-26-8-3-9-27-21/h3-11,18,28H,1-2H3,(H3,24,25)(H,29,30,32). The van der Waals surface area contributed by atoms with Gasteiger partial charge < -0.3 is 20.5 Å². The Morgan fingerprint density at radius 3 is 2.41 bits per heavy atom. The summed E-state index contributed by atoms with van der Waals surface area (Å²) in [4.78, 5) is 23.3. The van der Waals surface area contributed by atoms with Crippen LogP contribution in [0.1, 0.15) is 23.0 Å². The van der Waals surface area contributed by atoms with E-state index in [4.69, 9.17) is 20.6 Å². The van der Waals surface area contributed by atoms with Crippen molar-refractivity contribution in [3.05, 3.63) is 88.1 Å². The van der Waals surface area contributed by atoms with E-state index in [-0.39, 0.29) is 28.9 Å². The molecule has 174 valence electrons. The lowest BCUT2D eigenvalue weighted by atomic mass is 10.0. The molecule has 0 aliphatic heterocycles. The van der Waals surface area contributed by atoms with Crippen molar-refractivity contribution in [3.8, 4) is 17.4 Å². The quantitative estimate of drug-likeness (QED) is 0.228. The Kier molecular flexibility index (Phi) is 6.21. The number of aromatic nitrogens is 5. The smallest absolute Gasteiger partial charge is 0.350 e. The van der Waals surface area contributed by atoms with E-state index in [9.17, 15) is 4.79 Å². The second kappa shape index (κ2) is 9.40. The number of rotatable bonds is 8. The molecule has 0 aliphatic carbocycles. The highest BCUT2D eigenvalue weighted by atomic mass is 19.1. The number of nitrogens with two attached hydrogens (primary N) is 1. The molecule has 0 amide bonds. The number of benzene rings is 2. The molecular formula is C22H21FN8O3. The summed E-state index contributed by atoms with van der Waals surface area (Å²) in [7, 11) is 2.84. The zero-order valence-corrected chi connectivity index (χ0v) is 18.2. The molecule has 2 heterocycles. The van der Waals surface area contributed by atoms with Crippen LogP contribution in [0.5, 0.6) is 11.5 Å². The van der Waals surface area contributed by atoms with Crippen LogP contribution in [0.15, 0.2) is 59.7 Å². The van der Waals surface area contributed by atoms with Crippen LogP contribution in [0.25, 0.3) is 5.95 Å². The number of amidine groups is 1. The second-order valence-corrected chi connectivity index (χ2v) is 7.07. The molecule has 2 aromatic heterocycles. The van der Waals surface area contributed by atoms with Crippen molar-refractivity contribution >= 4 is 11.5 Å². The molecule has 0 saturated carbocycles. The Hall–Kier alpha value is -4.74. The van der Waals surface area contributed by atoms with Gasteiger partial charge in [-0.3, -0.25) is 10.4 Å². The van der Waals surface area contributed by atoms with Crippen LogP contribution in [-0.2, 0) is 0 Å². The van der Waals surface area contributed by atoms with Gasteiger partial charge in [0.05, 0.1) is 14.2 Å². The van der Waals surface area contributed by atoms with E-state index < -0.39 is 17.5 Å². The van der Waals surface area contributed by atoms with Crippen molar-refractivity contribution in [1.82, 2.24) is 24.7 Å². The number of halogens is 1. The van der Waals surface area contributed by atoms with Gasteiger partial charge in [0, 0.05) is 35.3 Å². The van der Waals surface area contributed by atoms with Crippen molar-refractivity contribution in [3.63, 3.8) is 0 Å². The molecule has 34 heavy (non-hydrogen) atoms. The summed E-state index contributed by atoms with van der Waals surface area (Å²) in [5.74, 6) is -0.00998. The van der Waals surface area contributed by atoms with E-state index in [1.54, 1.807) is 30.3 Å². The molecule has 2 aromatic carbocycles. The normalized spacial score (nSPS) is 11.6. The number of nitrogen functional groups attached to an aromatic ring is 1. The van der Waals surface area contributed by atoms with Gasteiger partial charge in [0.15, 0.2) is 17.3 Å². The minimum atomic E-state index is -0.944. The number of ether oxygens (including phenoxy) is 2. The number of anilines is 1. The average Bonchev–Trinajstić information content (AvgIpc) is 3.24. The second-order valence-electron chi connectivity index (χ2n) is 7.07. The number of nitrogens with one attached hydrogen (secondary N) is 3. The van der Waals surface area contributed by atoms with E-state index in [0.29, 0.717) is 17.0 Å². The zero-order chi connectivity index (χ0) is 24.2. The van der Waals surface area contributed by atoms with Crippen molar-refractivity contribution in [2.75, 3.05) is 19.5 Å². The zero-order valence-electron chi connectivity index (χ0n) is 18.2. The van der Waals surface area contributed by atoms with Crippen LogP contribution < -0.4 is 26.2 Å². The summed E-state index contributed by atoms with van der Waals surface area (Å²) in [5.41, 5.74) is 6.16. The highest BCUT2D eigenvalue weighted by Gasteiger charge is 2.26. The molecule has 1 unspecified atom stereocenters. The molecule has 0 aliphatic rings. The molecule has 0 bridgehead atoms. The number of nitrogens with zero attached hydrogens (tertiary/aromatic N) is 4. The molecule has 11 nitrogen and oxygen atoms in total. The van der Waals surface area contributed by atoms with Gasteiger partial charge >= 0.3 is 5.69 Å². The molecule has 4 aromatic rings. The third-order valence-corrected chi connectivity index (χ3v) is 4.97. The van der Waals surface area contributed by atoms with Crippen molar-refractivity contribution in [2.45, 2.75) is 6.04 Å². The highest BCUT2D eigenvalue weighted by Crippen LogP contribution is 2.35. The average molecular weight is 464 g/mol. The number of methoxy groups -OCH3 is 2. The summed E-state index contributed by atoms with van der Waals surface area (Å²) >= 11 is 0. The van der Waals surface area contributed by atoms with Gasteiger partial charge in [-0.2, -0.15) is 0 Å². The first-order chi connectivity index (χ1) is 16.4. The van der Waals surface area contributed by atoms with E-state index in [0.717, 1.165) is 4.68 Å². The minimum Gasteiger partial charge on any atom is -0.493 e. The lowest BCUT2D eigenvalue weighted by molar-refractivity contribution is 0.351. The first-order valence-electron chi connectivity index (χ1n) is 10.00. The number of H-pyrrole nitrogens is 1. The Morgan fingerprint density at radius 2 is 1.79 bits per heavy atom. The number of hydrogen-bond donors (Lipinski definition) is 4. The summed E-state index contributed by atoms with van der Waals surface area (Å²) in [6, 6.07) is 9.97. The molecule has 0 spiro atoms. The fraction of sp³-hybridized carbons (Fsp3) is 0.136. The first kappa shape index (κ1) is 22.5. The maximum absolute atomic E-state index is 15.2. The number of aromatic amines is 1. The van der Waals surface area contributed by atoms with E-state index in [2.05, 4.69) is 25.4 Å². The Morgan fingerprint density at radius 1 is 1.15 bits per heavy atom. The molecule has 0 radical (unpaired) electrons. The largest absolute Gasteiger partial charge is 0.493 e. The van der Waals surface area contributed by atoms with Crippen LogP contribution >= 0.6 is 0 Å². The van der Waals surface area contributed by atoms with Gasteiger partial charge in [-0.15, -0.1) is 9.78 Å². The summed E-state index contributed by atoms with van der Waals surface area (Å²) in [5, 5.41) is 15.0. The van der Waals surface area contributed by atoms with Crippen LogP contribution in [0, 0.1) is 11.2 Å². The Balaban J connectivity index is 1.82. The van der Waals surface area contributed by atoms with Crippen LogP contribution in [0.3, 0.4) is 0 Å². The van der Waals surface area contributed by atoms with Crippen molar-refractivity contribution < 1.29 is 13.9 Å². The Bertz CT molecular complexity index is 1370. The SMILES string of the molecule is COc1cc(F)c(C(Nc2ccc(C(=N)N)cc2)c2nn(-c3ncccn3)c(=O)[nH]2)cc1OC. The minimum absolute atomic E-state index is 0.0624. The monoisotopic (exact) mass is 464 g/mol. The maximum atomic E-state index is 15.2. The van der Waals surface area contributed by atoms with Gasteiger partial charge in [0.25, 0.3) is 5.95 Å². The van der Waals surface area contributed by atoms with E-state index >= 15 is 4.39 Å². The maximum Gasteiger partial charge on any atom is 0.350 e. The molecule has 12 heteroatoms. The lowest BCUT2D eigenvalue weighted by Gasteiger charge is -2.20. The van der Waals surface area contributed by atoms with Gasteiger partial charge in [0.1, 0.15) is 17.7 Å². The van der Waals surface area contributed by atoms with E-state index in [1.807, 2.05) is 0 Å². The topological polar surface area (TPSA) is 157 Å². The van der Waals surface area contributed by atoms with Crippen LogP contribution in [-0.4, -0.2) is 44.8 Å². The Labute approximate surface area is 192 Å². The van der Waals surface area contributed by atoms with Crippen molar-refractivity contribution in [2.24, 2.45) is 5.73 Å². The van der Waals surface area contributed by atoms with Gasteiger partial charge in [-0.25, -0.2) is 19.2 Å². The molecule has 0 fully saturated rings. The molecule has 0 saturated heterocycles. The number of hydrogen-bond acceptors (Lipinski definition) is 8. The first-order valence-corrected chi connectivity index (χ1v) is 10.00. The lowest BCUT2D eigenvalue weighted by Crippen LogP contribution is -2.18. The summed E-state index contributed by atoms with van der Waals surface area (Å²) < 4.78 is 26.7. The fourth-order valence-corrected chi connectivity index (χ4v) is 3.30. The van der Waals surface area contributed by atoms with Crippen LogP contribution in [0.4, 0.5) is 10.1 Å². The predicted octanol–water partition coefficient (Wildman–Crippen LogP) is 1.99. The fourth-order valence-electron chi connectivity index (χ4n) is 3.30. The molecule has 5 N–H and O–H groups in total. The molecular weight excluding hydrogens is 443 g/mol. The molecule has 4 rings (SSSR count). The van der Waals surface area contributed by atoms with Gasteiger partial charge in [0.2, 0.25) is 0 Å². The van der Waals surface area contributed by atoms with E-state index in [1.165, 1.54) is 38.7 Å². The third kappa shape index (κ3) is 4.41. The molecule has 1 atom stereocenters.